The van der Waals surface area contributed by atoms with Gasteiger partial charge < -0.3 is 0 Å². The van der Waals surface area contributed by atoms with E-state index in [0.29, 0.717) is 0 Å². The van der Waals surface area contributed by atoms with Crippen LogP contribution in [0.25, 0.3) is 0 Å². The first kappa shape index (κ1) is 8.53. The minimum absolute atomic E-state index is 1.08. The van der Waals surface area contributed by atoms with Crippen molar-refractivity contribution in [2.45, 2.75) is 44.7 Å². The van der Waals surface area contributed by atoms with Crippen LogP contribution in [0.1, 0.15) is 39.0 Å². The lowest BCUT2D eigenvalue weighted by Gasteiger charge is -2.29. The van der Waals surface area contributed by atoms with Crippen LogP contribution in [0.3, 0.4) is 0 Å². The maximum atomic E-state index is 2.37. The maximum Gasteiger partial charge on any atom is -0.0211 e. The molecule has 0 nitrogen and oxygen atoms in total. The van der Waals surface area contributed by atoms with Gasteiger partial charge in [0.2, 0.25) is 0 Å². The molecular weight excluding hydrogens is 139 g/mol. The highest BCUT2D eigenvalue weighted by Crippen LogP contribution is 2.36. The maximum absolute atomic E-state index is 2.37. The molecule has 1 aliphatic carbocycles. The van der Waals surface area contributed by atoms with Gasteiger partial charge in [0.05, 0.1) is 0 Å². The van der Waals surface area contributed by atoms with E-state index >= 15 is 0 Å². The molecule has 1 fully saturated rings. The minimum Gasteiger partial charge on any atom is -0.122 e. The fraction of sp³-hybridized carbons (Fsp3) is 1.00. The summed E-state index contributed by atoms with van der Waals surface area (Å²) in [5, 5.41) is 0. The second-order valence-electron chi connectivity index (χ2n) is 3.35. The number of rotatable bonds is 2. The van der Waals surface area contributed by atoms with Crippen molar-refractivity contribution in [3.8, 4) is 0 Å². The van der Waals surface area contributed by atoms with E-state index in [4.69, 9.17) is 0 Å². The highest BCUT2D eigenvalue weighted by atomic mass is 31.1. The van der Waals surface area contributed by atoms with Crippen molar-refractivity contribution >= 4 is 8.58 Å². The molecular formula is C9H19P. The molecule has 0 aromatic rings. The van der Waals surface area contributed by atoms with Crippen molar-refractivity contribution in [2.24, 2.45) is 5.92 Å². The van der Waals surface area contributed by atoms with Crippen LogP contribution < -0.4 is 0 Å². The summed E-state index contributed by atoms with van der Waals surface area (Å²) in [6, 6.07) is 0. The average Bonchev–Trinajstić information content (AvgIpc) is 2.04. The summed E-state index contributed by atoms with van der Waals surface area (Å²) in [6.07, 6.45) is 7.46. The third-order valence-corrected chi connectivity index (χ3v) is 4.31. The SMILES string of the molecule is CCC1CCCCC1PC. The summed E-state index contributed by atoms with van der Waals surface area (Å²) in [7, 11) is 1.19. The van der Waals surface area contributed by atoms with Gasteiger partial charge in [-0.1, -0.05) is 26.2 Å². The summed E-state index contributed by atoms with van der Waals surface area (Å²) in [5.74, 6) is 1.08. The van der Waals surface area contributed by atoms with Crippen LogP contribution in [0.15, 0.2) is 0 Å². The largest absolute Gasteiger partial charge is 0.122 e. The predicted octanol–water partition coefficient (Wildman–Crippen LogP) is 3.26. The summed E-state index contributed by atoms with van der Waals surface area (Å²) in [6.45, 7) is 4.72. The molecule has 0 amide bonds. The Bertz CT molecular complexity index is 78.7. The van der Waals surface area contributed by atoms with E-state index < -0.39 is 0 Å². The zero-order valence-electron chi connectivity index (χ0n) is 7.19. The van der Waals surface area contributed by atoms with Gasteiger partial charge in [-0.2, -0.15) is 0 Å². The topological polar surface area (TPSA) is 0 Å². The van der Waals surface area contributed by atoms with Crippen molar-refractivity contribution in [1.29, 1.82) is 0 Å². The zero-order chi connectivity index (χ0) is 7.40. The molecule has 60 valence electrons. The second-order valence-corrected chi connectivity index (χ2v) is 4.67. The third-order valence-electron chi connectivity index (χ3n) is 2.80. The van der Waals surface area contributed by atoms with E-state index in [-0.39, 0.29) is 0 Å². The molecule has 0 aromatic heterocycles. The van der Waals surface area contributed by atoms with Crippen molar-refractivity contribution in [1.82, 2.24) is 0 Å². The molecule has 0 saturated heterocycles. The van der Waals surface area contributed by atoms with Gasteiger partial charge in [0.1, 0.15) is 0 Å². The summed E-state index contributed by atoms with van der Waals surface area (Å²) < 4.78 is 0. The number of hydrogen-bond acceptors (Lipinski definition) is 0. The van der Waals surface area contributed by atoms with Gasteiger partial charge >= 0.3 is 0 Å². The first-order valence-corrected chi connectivity index (χ1v) is 6.13. The Hall–Kier alpha value is 0.430. The first-order chi connectivity index (χ1) is 4.88. The smallest absolute Gasteiger partial charge is 0.0211 e. The van der Waals surface area contributed by atoms with E-state index in [1.807, 2.05) is 0 Å². The molecule has 0 heterocycles. The van der Waals surface area contributed by atoms with Crippen LogP contribution in [0.4, 0.5) is 0 Å². The Morgan fingerprint density at radius 2 is 2.00 bits per heavy atom. The van der Waals surface area contributed by atoms with Crippen molar-refractivity contribution < 1.29 is 0 Å². The van der Waals surface area contributed by atoms with Gasteiger partial charge in [-0.05, 0) is 31.1 Å². The summed E-state index contributed by atoms with van der Waals surface area (Å²) in [5.41, 5.74) is 1.10. The van der Waals surface area contributed by atoms with Crippen molar-refractivity contribution in [2.75, 3.05) is 6.66 Å². The van der Waals surface area contributed by atoms with Crippen molar-refractivity contribution in [3.63, 3.8) is 0 Å². The van der Waals surface area contributed by atoms with Gasteiger partial charge in [0, 0.05) is 0 Å². The van der Waals surface area contributed by atoms with Crippen LogP contribution in [0.5, 0.6) is 0 Å². The molecule has 3 atom stereocenters. The molecule has 3 unspecified atom stereocenters. The van der Waals surface area contributed by atoms with Crippen LogP contribution >= 0.6 is 8.58 Å². The molecule has 0 aromatic carbocycles. The molecule has 0 spiro atoms. The van der Waals surface area contributed by atoms with E-state index in [2.05, 4.69) is 13.6 Å². The van der Waals surface area contributed by atoms with Crippen molar-refractivity contribution in [3.05, 3.63) is 0 Å². The van der Waals surface area contributed by atoms with Gasteiger partial charge in [0.25, 0.3) is 0 Å². The average molecular weight is 158 g/mol. The van der Waals surface area contributed by atoms with E-state index in [9.17, 15) is 0 Å². The van der Waals surface area contributed by atoms with Crippen LogP contribution in [-0.2, 0) is 0 Å². The first-order valence-electron chi connectivity index (χ1n) is 4.55. The minimum atomic E-state index is 1.08. The predicted molar refractivity (Wildman–Crippen MR) is 50.3 cm³/mol. The Labute approximate surface area is 66.6 Å². The van der Waals surface area contributed by atoms with Crippen LogP contribution in [0.2, 0.25) is 0 Å². The van der Waals surface area contributed by atoms with Gasteiger partial charge in [-0.3, -0.25) is 0 Å². The fourth-order valence-corrected chi connectivity index (χ4v) is 3.44. The Balaban J connectivity index is 2.34. The molecule has 10 heavy (non-hydrogen) atoms. The summed E-state index contributed by atoms with van der Waals surface area (Å²) >= 11 is 0. The van der Waals surface area contributed by atoms with Gasteiger partial charge in [0.15, 0.2) is 0 Å². The summed E-state index contributed by atoms with van der Waals surface area (Å²) in [4.78, 5) is 0. The fourth-order valence-electron chi connectivity index (χ4n) is 2.08. The molecule has 0 N–H and O–H groups in total. The second kappa shape index (κ2) is 4.34. The molecule has 0 radical (unpaired) electrons. The Kier molecular flexibility index (Phi) is 3.70. The van der Waals surface area contributed by atoms with Gasteiger partial charge in [-0.25, -0.2) is 0 Å². The third kappa shape index (κ3) is 1.95. The molecule has 1 aliphatic rings. The molecule has 1 rings (SSSR count). The zero-order valence-corrected chi connectivity index (χ0v) is 8.19. The molecule has 1 heteroatoms. The quantitative estimate of drug-likeness (QED) is 0.541. The molecule has 1 saturated carbocycles. The van der Waals surface area contributed by atoms with E-state index in [0.717, 1.165) is 11.6 Å². The van der Waals surface area contributed by atoms with E-state index in [1.165, 1.54) is 40.7 Å². The van der Waals surface area contributed by atoms with Crippen LogP contribution in [0, 0.1) is 5.92 Å². The normalized spacial score (nSPS) is 35.4. The lowest BCUT2D eigenvalue weighted by Crippen LogP contribution is -2.19. The Morgan fingerprint density at radius 3 is 2.50 bits per heavy atom. The monoisotopic (exact) mass is 158 g/mol. The number of hydrogen-bond donors (Lipinski definition) is 0. The highest BCUT2D eigenvalue weighted by molar-refractivity contribution is 7.37. The van der Waals surface area contributed by atoms with Crippen LogP contribution in [-0.4, -0.2) is 12.3 Å². The lowest BCUT2D eigenvalue weighted by atomic mass is 9.87. The van der Waals surface area contributed by atoms with Gasteiger partial charge in [-0.15, -0.1) is 8.58 Å². The van der Waals surface area contributed by atoms with E-state index in [1.54, 1.807) is 0 Å². The highest BCUT2D eigenvalue weighted by Gasteiger charge is 2.21. The Morgan fingerprint density at radius 1 is 1.30 bits per heavy atom. The standard InChI is InChI=1S/C9H19P/c1-3-8-6-4-5-7-9(8)10-2/h8-10H,3-7H2,1-2H3. The molecule has 0 aliphatic heterocycles. The lowest BCUT2D eigenvalue weighted by molar-refractivity contribution is 0.359. The molecule has 0 bridgehead atoms.